The summed E-state index contributed by atoms with van der Waals surface area (Å²) in [4.78, 5) is 7.35. The van der Waals surface area contributed by atoms with Gasteiger partial charge in [-0.25, -0.2) is 4.98 Å². The molecule has 2 aliphatic rings. The van der Waals surface area contributed by atoms with Crippen molar-refractivity contribution >= 4 is 16.7 Å². The van der Waals surface area contributed by atoms with Crippen LogP contribution in [-0.4, -0.2) is 62.0 Å². The molecule has 1 aromatic heterocycles. The van der Waals surface area contributed by atoms with Crippen LogP contribution >= 0.6 is 0 Å². The molecular weight excluding hydrogens is 314 g/mol. The second kappa shape index (κ2) is 7.68. The minimum absolute atomic E-state index is 0.472. The highest BCUT2D eigenvalue weighted by molar-refractivity contribution is 5.83. The fourth-order valence-corrected chi connectivity index (χ4v) is 4.01. The van der Waals surface area contributed by atoms with Crippen LogP contribution < -0.4 is 5.32 Å². The first-order valence-corrected chi connectivity index (χ1v) is 9.31. The van der Waals surface area contributed by atoms with E-state index in [-0.39, 0.29) is 0 Å². The largest absolute Gasteiger partial charge is 0.381 e. The van der Waals surface area contributed by atoms with Crippen LogP contribution in [0.3, 0.4) is 0 Å². The van der Waals surface area contributed by atoms with Gasteiger partial charge < -0.3 is 14.8 Å². The van der Waals surface area contributed by atoms with Crippen molar-refractivity contribution < 1.29 is 9.47 Å². The number of nitrogens with zero attached hydrogens (tertiary/aromatic N) is 2. The number of hydrogen-bond donors (Lipinski definition) is 1. The van der Waals surface area contributed by atoms with Gasteiger partial charge in [-0.1, -0.05) is 18.2 Å². The molecule has 2 fully saturated rings. The standard InChI is InChI=1S/C20H27N3O2/c1-15-12-20(22-18-5-3-2-4-17(15)18)21-13-19(16-6-9-25-14-16)23-7-10-24-11-8-23/h2-5,12,16,19H,6-11,13-14H2,1H3,(H,21,22)/t16-,19-/m1/s1. The fourth-order valence-electron chi connectivity index (χ4n) is 4.01. The topological polar surface area (TPSA) is 46.6 Å². The van der Waals surface area contributed by atoms with Gasteiger partial charge in [0.1, 0.15) is 5.82 Å². The van der Waals surface area contributed by atoms with Crippen molar-refractivity contribution in [1.82, 2.24) is 9.88 Å². The first-order valence-electron chi connectivity index (χ1n) is 9.31. The van der Waals surface area contributed by atoms with E-state index in [1.807, 2.05) is 6.07 Å². The van der Waals surface area contributed by atoms with Crippen LogP contribution in [0.5, 0.6) is 0 Å². The number of anilines is 1. The quantitative estimate of drug-likeness (QED) is 0.906. The number of hydrogen-bond acceptors (Lipinski definition) is 5. The zero-order chi connectivity index (χ0) is 17.1. The molecule has 0 bridgehead atoms. The molecule has 0 unspecified atom stereocenters. The molecule has 2 atom stereocenters. The maximum Gasteiger partial charge on any atom is 0.126 e. The van der Waals surface area contributed by atoms with Gasteiger partial charge in [-0.15, -0.1) is 0 Å². The number of aryl methyl sites for hydroxylation is 1. The Morgan fingerprint density at radius 2 is 2.04 bits per heavy atom. The van der Waals surface area contributed by atoms with Gasteiger partial charge in [0.15, 0.2) is 0 Å². The van der Waals surface area contributed by atoms with E-state index < -0.39 is 0 Å². The molecule has 134 valence electrons. The van der Waals surface area contributed by atoms with Crippen LogP contribution in [0.25, 0.3) is 10.9 Å². The van der Waals surface area contributed by atoms with E-state index in [0.29, 0.717) is 12.0 Å². The SMILES string of the molecule is Cc1cc(NC[C@H]([C@@H]2CCOC2)N2CCOCC2)nc2ccccc12. The molecule has 5 heteroatoms. The number of fused-ring (bicyclic) bond motifs is 1. The molecule has 4 rings (SSSR count). The Kier molecular flexibility index (Phi) is 5.15. The Morgan fingerprint density at radius 3 is 2.84 bits per heavy atom. The lowest BCUT2D eigenvalue weighted by atomic mass is 9.97. The molecule has 0 spiro atoms. The number of nitrogens with one attached hydrogen (secondary N) is 1. The summed E-state index contributed by atoms with van der Waals surface area (Å²) in [5, 5.41) is 4.83. The van der Waals surface area contributed by atoms with E-state index in [4.69, 9.17) is 14.5 Å². The molecular formula is C20H27N3O2. The molecule has 3 heterocycles. The summed E-state index contributed by atoms with van der Waals surface area (Å²) in [7, 11) is 0. The maximum absolute atomic E-state index is 5.66. The molecule has 0 amide bonds. The molecule has 0 saturated carbocycles. The maximum atomic E-state index is 5.66. The summed E-state index contributed by atoms with van der Waals surface area (Å²) < 4.78 is 11.2. The molecule has 2 aromatic rings. The number of para-hydroxylation sites is 1. The van der Waals surface area contributed by atoms with Gasteiger partial charge >= 0.3 is 0 Å². The molecule has 0 radical (unpaired) electrons. The van der Waals surface area contributed by atoms with E-state index in [1.54, 1.807) is 0 Å². The molecule has 25 heavy (non-hydrogen) atoms. The third-order valence-corrected chi connectivity index (χ3v) is 5.44. The number of morpholine rings is 1. The van der Waals surface area contributed by atoms with Crippen molar-refractivity contribution in [2.24, 2.45) is 5.92 Å². The van der Waals surface area contributed by atoms with Crippen LogP contribution in [-0.2, 0) is 9.47 Å². The van der Waals surface area contributed by atoms with Crippen molar-refractivity contribution in [3.8, 4) is 0 Å². The highest BCUT2D eigenvalue weighted by atomic mass is 16.5. The molecule has 0 aliphatic carbocycles. The van der Waals surface area contributed by atoms with Gasteiger partial charge in [-0.3, -0.25) is 4.90 Å². The van der Waals surface area contributed by atoms with Gasteiger partial charge in [0.2, 0.25) is 0 Å². The highest BCUT2D eigenvalue weighted by Crippen LogP contribution is 2.24. The number of rotatable bonds is 5. The van der Waals surface area contributed by atoms with Crippen molar-refractivity contribution in [3.63, 3.8) is 0 Å². The minimum atomic E-state index is 0.472. The Balaban J connectivity index is 1.50. The lowest BCUT2D eigenvalue weighted by Gasteiger charge is -2.37. The van der Waals surface area contributed by atoms with Gasteiger partial charge in [-0.05, 0) is 31.0 Å². The minimum Gasteiger partial charge on any atom is -0.381 e. The van der Waals surface area contributed by atoms with Crippen LogP contribution in [0, 0.1) is 12.8 Å². The van der Waals surface area contributed by atoms with E-state index in [1.165, 1.54) is 10.9 Å². The first-order chi connectivity index (χ1) is 12.3. The summed E-state index contributed by atoms with van der Waals surface area (Å²) in [5.41, 5.74) is 2.32. The zero-order valence-corrected chi connectivity index (χ0v) is 14.9. The lowest BCUT2D eigenvalue weighted by molar-refractivity contribution is 0.00460. The van der Waals surface area contributed by atoms with E-state index in [9.17, 15) is 0 Å². The second-order valence-corrected chi connectivity index (χ2v) is 7.06. The molecule has 1 N–H and O–H groups in total. The van der Waals surface area contributed by atoms with Gasteiger partial charge in [0, 0.05) is 43.6 Å². The summed E-state index contributed by atoms with van der Waals surface area (Å²) in [5.74, 6) is 1.56. The third-order valence-electron chi connectivity index (χ3n) is 5.44. The molecule has 2 aliphatic heterocycles. The molecule has 1 aromatic carbocycles. The van der Waals surface area contributed by atoms with E-state index >= 15 is 0 Å². The zero-order valence-electron chi connectivity index (χ0n) is 14.9. The second-order valence-electron chi connectivity index (χ2n) is 7.06. The van der Waals surface area contributed by atoms with Crippen molar-refractivity contribution in [1.29, 1.82) is 0 Å². The average molecular weight is 341 g/mol. The number of aromatic nitrogens is 1. The Morgan fingerprint density at radius 1 is 1.20 bits per heavy atom. The molecule has 2 saturated heterocycles. The Hall–Kier alpha value is -1.69. The van der Waals surface area contributed by atoms with Crippen molar-refractivity contribution in [3.05, 3.63) is 35.9 Å². The van der Waals surface area contributed by atoms with Gasteiger partial charge in [0.05, 0.1) is 25.3 Å². The normalized spacial score (nSPS) is 23.0. The smallest absolute Gasteiger partial charge is 0.126 e. The Labute approximate surface area is 149 Å². The van der Waals surface area contributed by atoms with Gasteiger partial charge in [0.25, 0.3) is 0 Å². The van der Waals surface area contributed by atoms with E-state index in [0.717, 1.165) is 63.8 Å². The average Bonchev–Trinajstić information content (AvgIpc) is 3.17. The third kappa shape index (κ3) is 3.78. The van der Waals surface area contributed by atoms with Crippen molar-refractivity contribution in [2.45, 2.75) is 19.4 Å². The summed E-state index contributed by atoms with van der Waals surface area (Å²) in [6.07, 6.45) is 1.15. The summed E-state index contributed by atoms with van der Waals surface area (Å²) in [6.45, 7) is 8.49. The van der Waals surface area contributed by atoms with Crippen LogP contribution in [0.15, 0.2) is 30.3 Å². The van der Waals surface area contributed by atoms with E-state index in [2.05, 4.69) is 41.4 Å². The predicted molar refractivity (Wildman–Crippen MR) is 100 cm³/mol. The predicted octanol–water partition coefficient (Wildman–Crippen LogP) is 2.69. The van der Waals surface area contributed by atoms with Crippen molar-refractivity contribution in [2.75, 3.05) is 51.4 Å². The van der Waals surface area contributed by atoms with Crippen LogP contribution in [0.4, 0.5) is 5.82 Å². The first kappa shape index (κ1) is 16.8. The number of pyridine rings is 1. The fraction of sp³-hybridized carbons (Fsp3) is 0.550. The lowest BCUT2D eigenvalue weighted by Crippen LogP contribution is -2.50. The van der Waals surface area contributed by atoms with Crippen LogP contribution in [0.1, 0.15) is 12.0 Å². The summed E-state index contributed by atoms with van der Waals surface area (Å²) in [6, 6.07) is 11.0. The molecule has 5 nitrogen and oxygen atoms in total. The monoisotopic (exact) mass is 341 g/mol. The number of benzene rings is 1. The summed E-state index contributed by atoms with van der Waals surface area (Å²) >= 11 is 0. The van der Waals surface area contributed by atoms with Crippen LogP contribution in [0.2, 0.25) is 0 Å². The number of ether oxygens (including phenoxy) is 2. The van der Waals surface area contributed by atoms with Gasteiger partial charge in [-0.2, -0.15) is 0 Å². The highest BCUT2D eigenvalue weighted by Gasteiger charge is 2.31. The Bertz CT molecular complexity index is 709.